The number of halogens is 1. The van der Waals surface area contributed by atoms with Gasteiger partial charge in [0.05, 0.1) is 4.34 Å². The van der Waals surface area contributed by atoms with Crippen LogP contribution < -0.4 is 0 Å². The van der Waals surface area contributed by atoms with Crippen LogP contribution in [-0.2, 0) is 6.42 Å². The van der Waals surface area contributed by atoms with E-state index in [0.717, 1.165) is 10.8 Å². The largest absolute Gasteiger partial charge is 0.128 e. The van der Waals surface area contributed by atoms with Gasteiger partial charge in [0.2, 0.25) is 0 Å². The van der Waals surface area contributed by atoms with E-state index >= 15 is 0 Å². The summed E-state index contributed by atoms with van der Waals surface area (Å²) >= 11 is 7.22. The Kier molecular flexibility index (Phi) is 1.92. The highest BCUT2D eigenvalue weighted by molar-refractivity contribution is 7.16. The van der Waals surface area contributed by atoms with Crippen molar-refractivity contribution in [2.45, 2.75) is 6.42 Å². The summed E-state index contributed by atoms with van der Waals surface area (Å²) in [5, 5.41) is 0. The minimum Gasteiger partial charge on any atom is -0.128 e. The van der Waals surface area contributed by atoms with Gasteiger partial charge in [0.1, 0.15) is 0 Å². The van der Waals surface area contributed by atoms with Crippen molar-refractivity contribution in [3.63, 3.8) is 0 Å². The quantitative estimate of drug-likeness (QED) is 0.570. The summed E-state index contributed by atoms with van der Waals surface area (Å²) in [4.78, 5) is 1.25. The Bertz CT molecular complexity index is 169. The van der Waals surface area contributed by atoms with Gasteiger partial charge in [0, 0.05) is 4.88 Å². The molecule has 0 nitrogen and oxygen atoms in total. The second-order valence-electron chi connectivity index (χ2n) is 1.46. The fourth-order valence-corrected chi connectivity index (χ4v) is 1.47. The number of thiophene rings is 1. The first-order chi connectivity index (χ1) is 3.83. The number of hydrogen-bond acceptors (Lipinski definition) is 1. The molecule has 0 saturated heterocycles. The molecule has 1 heterocycles. The van der Waals surface area contributed by atoms with Gasteiger partial charge in [0.25, 0.3) is 0 Å². The van der Waals surface area contributed by atoms with Crippen LogP contribution in [0.5, 0.6) is 0 Å². The van der Waals surface area contributed by atoms with E-state index in [4.69, 9.17) is 11.6 Å². The van der Waals surface area contributed by atoms with Crippen molar-refractivity contribution in [1.82, 2.24) is 0 Å². The van der Waals surface area contributed by atoms with Gasteiger partial charge in [-0.15, -0.1) is 11.3 Å². The normalized spacial score (nSPS) is 9.75. The highest BCUT2D eigenvalue weighted by Crippen LogP contribution is 2.20. The fourth-order valence-electron chi connectivity index (χ4n) is 0.486. The molecule has 8 heavy (non-hydrogen) atoms. The molecule has 43 valence electrons. The maximum Gasteiger partial charge on any atom is 0.0931 e. The molecule has 0 N–H and O–H groups in total. The molecule has 0 saturated carbocycles. The van der Waals surface area contributed by atoms with E-state index in [1.165, 1.54) is 4.88 Å². The molecular weight excluding hydrogens is 140 g/mol. The molecule has 0 bridgehead atoms. The summed E-state index contributed by atoms with van der Waals surface area (Å²) in [7, 11) is 0. The van der Waals surface area contributed by atoms with Crippen LogP contribution in [0.25, 0.3) is 0 Å². The Morgan fingerprint density at radius 1 is 1.62 bits per heavy atom. The van der Waals surface area contributed by atoms with E-state index < -0.39 is 0 Å². The van der Waals surface area contributed by atoms with Gasteiger partial charge in [0.15, 0.2) is 0 Å². The zero-order valence-electron chi connectivity index (χ0n) is 4.36. The Morgan fingerprint density at radius 3 is 2.62 bits per heavy atom. The molecule has 1 aromatic rings. The molecule has 2 heteroatoms. The van der Waals surface area contributed by atoms with Crippen molar-refractivity contribution in [2.24, 2.45) is 0 Å². The molecule has 0 aliphatic rings. The third-order valence-electron chi connectivity index (χ3n) is 0.875. The lowest BCUT2D eigenvalue weighted by Crippen LogP contribution is -1.63. The van der Waals surface area contributed by atoms with E-state index in [0.29, 0.717) is 0 Å². The molecule has 0 fully saturated rings. The van der Waals surface area contributed by atoms with Crippen molar-refractivity contribution in [3.8, 4) is 0 Å². The number of hydrogen-bond donors (Lipinski definition) is 0. The Labute approximate surface area is 58.1 Å². The molecule has 0 amide bonds. The van der Waals surface area contributed by atoms with Crippen LogP contribution in [0.3, 0.4) is 0 Å². The summed E-state index contributed by atoms with van der Waals surface area (Å²) in [5.41, 5.74) is 0. The minimum absolute atomic E-state index is 0.845. The van der Waals surface area contributed by atoms with Crippen LogP contribution in [-0.4, -0.2) is 0 Å². The van der Waals surface area contributed by atoms with Crippen molar-refractivity contribution in [2.75, 3.05) is 0 Å². The van der Waals surface area contributed by atoms with Gasteiger partial charge in [-0.2, -0.15) is 0 Å². The summed E-state index contributed by atoms with van der Waals surface area (Å²) < 4.78 is 0.851. The van der Waals surface area contributed by atoms with Crippen molar-refractivity contribution in [1.29, 1.82) is 0 Å². The molecule has 0 aliphatic carbocycles. The standard InChI is InChI=1S/C6H6ClS/c1-2-5-3-4-6(7)8-5/h3-4H,1-2H2. The van der Waals surface area contributed by atoms with Crippen LogP contribution in [0.4, 0.5) is 0 Å². The van der Waals surface area contributed by atoms with Crippen molar-refractivity contribution in [3.05, 3.63) is 28.3 Å². The average Bonchev–Trinajstić information content (AvgIpc) is 2.14. The van der Waals surface area contributed by atoms with E-state index in [9.17, 15) is 0 Å². The lowest BCUT2D eigenvalue weighted by molar-refractivity contribution is 1.35. The predicted molar refractivity (Wildman–Crippen MR) is 38.4 cm³/mol. The zero-order chi connectivity index (χ0) is 5.98. The molecule has 0 aromatic carbocycles. The fraction of sp³-hybridized carbons (Fsp3) is 0.167. The average molecular weight is 146 g/mol. The monoisotopic (exact) mass is 145 g/mol. The first-order valence-electron chi connectivity index (χ1n) is 2.36. The first kappa shape index (κ1) is 6.12. The van der Waals surface area contributed by atoms with E-state index in [1.54, 1.807) is 11.3 Å². The second kappa shape index (κ2) is 2.51. The topological polar surface area (TPSA) is 0 Å². The first-order valence-corrected chi connectivity index (χ1v) is 3.56. The van der Waals surface area contributed by atoms with Gasteiger partial charge in [-0.05, 0) is 25.5 Å². The van der Waals surface area contributed by atoms with Crippen LogP contribution in [0, 0.1) is 6.92 Å². The molecule has 1 radical (unpaired) electrons. The van der Waals surface area contributed by atoms with Crippen molar-refractivity contribution >= 4 is 22.9 Å². The summed E-state index contributed by atoms with van der Waals surface area (Å²) in [6.07, 6.45) is 0.845. The van der Waals surface area contributed by atoms with Gasteiger partial charge >= 0.3 is 0 Å². The van der Waals surface area contributed by atoms with Crippen LogP contribution in [0.1, 0.15) is 4.88 Å². The molecular formula is C6H6ClS. The Hall–Kier alpha value is -0.0100. The van der Waals surface area contributed by atoms with Crippen LogP contribution in [0.2, 0.25) is 4.34 Å². The molecule has 0 unspecified atom stereocenters. The predicted octanol–water partition coefficient (Wildman–Crippen LogP) is 2.78. The SMILES string of the molecule is [CH2]Cc1ccc(Cl)s1. The molecule has 1 rings (SSSR count). The third kappa shape index (κ3) is 1.23. The van der Waals surface area contributed by atoms with Crippen molar-refractivity contribution < 1.29 is 0 Å². The maximum absolute atomic E-state index is 5.63. The zero-order valence-corrected chi connectivity index (χ0v) is 5.93. The lowest BCUT2D eigenvalue weighted by Gasteiger charge is -1.79. The summed E-state index contributed by atoms with van der Waals surface area (Å²) in [6, 6.07) is 3.90. The van der Waals surface area contributed by atoms with Gasteiger partial charge in [-0.3, -0.25) is 0 Å². The third-order valence-corrected chi connectivity index (χ3v) is 2.17. The van der Waals surface area contributed by atoms with E-state index in [-0.39, 0.29) is 0 Å². The Balaban J connectivity index is 2.84. The Morgan fingerprint density at radius 2 is 2.38 bits per heavy atom. The van der Waals surface area contributed by atoms with E-state index in [1.807, 2.05) is 12.1 Å². The minimum atomic E-state index is 0.845. The summed E-state index contributed by atoms with van der Waals surface area (Å²) in [5.74, 6) is 0. The number of rotatable bonds is 1. The lowest BCUT2D eigenvalue weighted by atomic mass is 10.4. The highest BCUT2D eigenvalue weighted by Gasteiger charge is 1.91. The molecule has 0 spiro atoms. The van der Waals surface area contributed by atoms with Crippen LogP contribution >= 0.6 is 22.9 Å². The highest BCUT2D eigenvalue weighted by atomic mass is 35.5. The summed E-state index contributed by atoms with van der Waals surface area (Å²) in [6.45, 7) is 3.72. The van der Waals surface area contributed by atoms with Gasteiger partial charge < -0.3 is 0 Å². The second-order valence-corrected chi connectivity index (χ2v) is 3.26. The van der Waals surface area contributed by atoms with Crippen LogP contribution in [0.15, 0.2) is 12.1 Å². The van der Waals surface area contributed by atoms with Gasteiger partial charge in [-0.1, -0.05) is 11.6 Å². The molecule has 0 aliphatic heterocycles. The van der Waals surface area contributed by atoms with E-state index in [2.05, 4.69) is 6.92 Å². The van der Waals surface area contributed by atoms with Gasteiger partial charge in [-0.25, -0.2) is 0 Å². The smallest absolute Gasteiger partial charge is 0.0931 e. The molecule has 0 atom stereocenters. The maximum atomic E-state index is 5.63. The molecule has 1 aromatic heterocycles.